The van der Waals surface area contributed by atoms with E-state index in [2.05, 4.69) is 27.9 Å². The molecule has 0 radical (unpaired) electrons. The molecule has 0 spiro atoms. The molecule has 4 rings (SSSR count). The van der Waals surface area contributed by atoms with Gasteiger partial charge in [-0.25, -0.2) is 0 Å². The summed E-state index contributed by atoms with van der Waals surface area (Å²) in [7, 11) is 3.17. The quantitative estimate of drug-likeness (QED) is 0.243. The molecule has 1 N–H and O–H groups in total. The molecule has 1 atom stereocenters. The third-order valence-electron chi connectivity index (χ3n) is 6.02. The van der Waals surface area contributed by atoms with Crippen LogP contribution in [0, 0.1) is 3.57 Å². The zero-order valence-electron chi connectivity index (χ0n) is 20.2. The van der Waals surface area contributed by atoms with Crippen LogP contribution in [0.3, 0.4) is 0 Å². The van der Waals surface area contributed by atoms with Crippen LogP contribution in [0.1, 0.15) is 12.0 Å². The van der Waals surface area contributed by atoms with Crippen LogP contribution < -0.4 is 19.7 Å². The van der Waals surface area contributed by atoms with Gasteiger partial charge in [-0.2, -0.15) is 0 Å². The first-order valence-corrected chi connectivity index (χ1v) is 13.3. The summed E-state index contributed by atoms with van der Waals surface area (Å²) in [6.45, 7) is 0.435. The number of para-hydroxylation sites is 1. The summed E-state index contributed by atoms with van der Waals surface area (Å²) in [5.41, 5.74) is 2.29. The third kappa shape index (κ3) is 6.16. The van der Waals surface area contributed by atoms with Crippen LogP contribution in [0.4, 0.5) is 11.4 Å². The molecule has 0 aromatic heterocycles. The minimum Gasteiger partial charge on any atom is -0.493 e. The Kier molecular flexibility index (Phi) is 8.88. The predicted molar refractivity (Wildman–Crippen MR) is 158 cm³/mol. The van der Waals surface area contributed by atoms with E-state index < -0.39 is 6.04 Å². The molecule has 1 saturated heterocycles. The smallest absolute Gasteiger partial charge is 0.256 e. The summed E-state index contributed by atoms with van der Waals surface area (Å²) in [5.74, 6) is 0.741. The van der Waals surface area contributed by atoms with E-state index in [0.29, 0.717) is 46.0 Å². The van der Waals surface area contributed by atoms with Gasteiger partial charge in [0.1, 0.15) is 6.04 Å². The number of methoxy groups -OCH3 is 2. The zero-order valence-corrected chi connectivity index (χ0v) is 24.0. The normalized spacial score (nSPS) is 15.2. The van der Waals surface area contributed by atoms with E-state index >= 15 is 0 Å². The van der Waals surface area contributed by atoms with Gasteiger partial charge in [0.2, 0.25) is 5.91 Å². The van der Waals surface area contributed by atoms with E-state index in [0.717, 1.165) is 9.13 Å². The number of nitrogens with one attached hydrogen (secondary N) is 1. The SMILES string of the molecule is COc1ccc(CCN2C(=S)N(c3ccc(Cl)cc3)C(=O)[C@@H]2CC(=O)Nc2ccccc2I)cc1OC. The third-order valence-corrected chi connectivity index (χ3v) is 7.63. The molecule has 0 aliphatic carbocycles. The standard InChI is InChI=1S/C27H25ClIN3O4S/c1-35-23-12-7-17(15-24(23)36-2)13-14-31-22(16-25(33)30-21-6-4-3-5-20(21)29)26(34)32(27(31)37)19-10-8-18(28)9-11-19/h3-12,15,22H,13-14,16H2,1-2H3,(H,30,33)/t22-/m0/s1. The number of anilines is 2. The summed E-state index contributed by atoms with van der Waals surface area (Å²) in [4.78, 5) is 29.9. The maximum atomic E-state index is 13.6. The number of carbonyl (C=O) groups is 2. The number of carbonyl (C=O) groups excluding carboxylic acids is 2. The van der Waals surface area contributed by atoms with E-state index in [9.17, 15) is 9.59 Å². The van der Waals surface area contributed by atoms with Crippen molar-refractivity contribution in [3.8, 4) is 11.5 Å². The van der Waals surface area contributed by atoms with Crippen molar-refractivity contribution in [3.05, 3.63) is 80.9 Å². The van der Waals surface area contributed by atoms with Gasteiger partial charge in [-0.3, -0.25) is 14.5 Å². The van der Waals surface area contributed by atoms with Crippen molar-refractivity contribution < 1.29 is 19.1 Å². The van der Waals surface area contributed by atoms with Crippen LogP contribution in [0.15, 0.2) is 66.7 Å². The van der Waals surface area contributed by atoms with E-state index in [1.54, 1.807) is 38.5 Å². The summed E-state index contributed by atoms with van der Waals surface area (Å²) in [6.07, 6.45) is 0.539. The van der Waals surface area contributed by atoms with Crippen LogP contribution in [0.5, 0.6) is 11.5 Å². The van der Waals surface area contributed by atoms with Gasteiger partial charge in [-0.15, -0.1) is 0 Å². The molecular formula is C27H25ClIN3O4S. The Balaban J connectivity index is 1.57. The monoisotopic (exact) mass is 649 g/mol. The van der Waals surface area contributed by atoms with Gasteiger partial charge in [0.25, 0.3) is 5.91 Å². The molecule has 1 fully saturated rings. The lowest BCUT2D eigenvalue weighted by Gasteiger charge is -2.24. The second kappa shape index (κ2) is 12.1. The Morgan fingerprint density at radius 1 is 1.05 bits per heavy atom. The highest BCUT2D eigenvalue weighted by Crippen LogP contribution is 2.31. The van der Waals surface area contributed by atoms with Crippen LogP contribution in [0.2, 0.25) is 5.02 Å². The Labute approximate surface area is 239 Å². The Morgan fingerprint density at radius 3 is 2.43 bits per heavy atom. The van der Waals surface area contributed by atoms with Crippen molar-refractivity contribution in [2.45, 2.75) is 18.9 Å². The average molecular weight is 650 g/mol. The number of nitrogens with zero attached hydrogens (tertiary/aromatic N) is 2. The minimum absolute atomic E-state index is 0.0417. The highest BCUT2D eigenvalue weighted by Gasteiger charge is 2.44. The van der Waals surface area contributed by atoms with Crippen molar-refractivity contribution in [1.29, 1.82) is 0 Å². The van der Waals surface area contributed by atoms with Gasteiger partial charge in [0, 0.05) is 15.1 Å². The second-order valence-corrected chi connectivity index (χ2v) is 10.3. The molecule has 10 heteroatoms. The first kappa shape index (κ1) is 27.2. The fraction of sp³-hybridized carbons (Fsp3) is 0.222. The highest BCUT2D eigenvalue weighted by molar-refractivity contribution is 14.1. The summed E-state index contributed by atoms with van der Waals surface area (Å²) in [5, 5.41) is 3.82. The van der Waals surface area contributed by atoms with Crippen molar-refractivity contribution >= 4 is 74.7 Å². The van der Waals surface area contributed by atoms with E-state index in [1.165, 1.54) is 4.90 Å². The predicted octanol–water partition coefficient (Wildman–Crippen LogP) is 5.54. The maximum Gasteiger partial charge on any atom is 0.256 e. The van der Waals surface area contributed by atoms with Gasteiger partial charge >= 0.3 is 0 Å². The van der Waals surface area contributed by atoms with Gasteiger partial charge in [0.05, 0.1) is 32.0 Å². The summed E-state index contributed by atoms with van der Waals surface area (Å²) >= 11 is 14.0. The fourth-order valence-corrected chi connectivity index (χ4v) is 5.20. The van der Waals surface area contributed by atoms with Crippen LogP contribution in [-0.2, 0) is 16.0 Å². The molecule has 1 heterocycles. The largest absolute Gasteiger partial charge is 0.493 e. The molecular weight excluding hydrogens is 625 g/mol. The number of thiocarbonyl (C=S) groups is 1. The van der Waals surface area contributed by atoms with Gasteiger partial charge < -0.3 is 19.7 Å². The lowest BCUT2D eigenvalue weighted by Crippen LogP contribution is -2.39. The number of hydrogen-bond acceptors (Lipinski definition) is 5. The summed E-state index contributed by atoms with van der Waals surface area (Å²) in [6, 6.07) is 19.3. The number of amides is 2. The molecule has 2 amide bonds. The number of ether oxygens (including phenoxy) is 2. The van der Waals surface area contributed by atoms with E-state index in [4.69, 9.17) is 33.3 Å². The average Bonchev–Trinajstić information content (AvgIpc) is 3.12. The number of rotatable bonds is 9. The first-order valence-electron chi connectivity index (χ1n) is 11.5. The fourth-order valence-electron chi connectivity index (χ4n) is 4.14. The molecule has 37 heavy (non-hydrogen) atoms. The lowest BCUT2D eigenvalue weighted by atomic mass is 10.1. The molecule has 0 unspecified atom stereocenters. The number of halogens is 2. The Hall–Kier alpha value is -2.89. The van der Waals surface area contributed by atoms with E-state index in [1.807, 2.05) is 47.4 Å². The minimum atomic E-state index is -0.746. The zero-order chi connectivity index (χ0) is 26.5. The molecule has 1 aliphatic heterocycles. The molecule has 0 saturated carbocycles. The molecule has 0 bridgehead atoms. The van der Waals surface area contributed by atoms with Crippen LogP contribution in [0.25, 0.3) is 0 Å². The van der Waals surface area contributed by atoms with Gasteiger partial charge in [-0.05, 0) is 95.3 Å². The lowest BCUT2D eigenvalue weighted by molar-refractivity contribution is -0.124. The molecule has 192 valence electrons. The second-order valence-electron chi connectivity index (χ2n) is 8.31. The molecule has 7 nitrogen and oxygen atoms in total. The van der Waals surface area contributed by atoms with E-state index in [-0.39, 0.29) is 18.2 Å². The van der Waals surface area contributed by atoms with Crippen molar-refractivity contribution in [3.63, 3.8) is 0 Å². The topological polar surface area (TPSA) is 71.1 Å². The van der Waals surface area contributed by atoms with Crippen molar-refractivity contribution in [2.75, 3.05) is 31.0 Å². The van der Waals surface area contributed by atoms with Crippen LogP contribution >= 0.6 is 46.4 Å². The number of hydrogen-bond donors (Lipinski definition) is 1. The summed E-state index contributed by atoms with van der Waals surface area (Å²) < 4.78 is 11.7. The van der Waals surface area contributed by atoms with Gasteiger partial charge in [0.15, 0.2) is 16.6 Å². The maximum absolute atomic E-state index is 13.6. The highest BCUT2D eigenvalue weighted by atomic mass is 127. The Morgan fingerprint density at radius 2 is 1.76 bits per heavy atom. The first-order chi connectivity index (χ1) is 17.8. The van der Waals surface area contributed by atoms with Crippen LogP contribution in [-0.4, -0.2) is 48.6 Å². The van der Waals surface area contributed by atoms with Crippen molar-refractivity contribution in [1.82, 2.24) is 4.90 Å². The van der Waals surface area contributed by atoms with Gasteiger partial charge in [-0.1, -0.05) is 29.8 Å². The Bertz CT molecular complexity index is 1320. The number of benzene rings is 3. The molecule has 1 aliphatic rings. The molecule has 3 aromatic carbocycles. The van der Waals surface area contributed by atoms with Crippen molar-refractivity contribution in [2.24, 2.45) is 0 Å². The molecule has 3 aromatic rings.